The molecule has 0 aliphatic rings. The summed E-state index contributed by atoms with van der Waals surface area (Å²) in [6.45, 7) is 0.955. The highest BCUT2D eigenvalue weighted by Crippen LogP contribution is 2.17. The fourth-order valence-corrected chi connectivity index (χ4v) is 3.97. The zero-order chi connectivity index (χ0) is 18.3. The van der Waals surface area contributed by atoms with Gasteiger partial charge in [-0.3, -0.25) is 4.99 Å². The highest BCUT2D eigenvalue weighted by atomic mass is 127. The van der Waals surface area contributed by atoms with E-state index in [0.29, 0.717) is 23.9 Å². The van der Waals surface area contributed by atoms with Crippen LogP contribution < -0.4 is 5.32 Å². The Morgan fingerprint density at radius 2 is 1.73 bits per heavy atom. The molecular formula is C18H23BrIN3O2S. The van der Waals surface area contributed by atoms with Crippen molar-refractivity contribution >= 4 is 55.7 Å². The lowest BCUT2D eigenvalue weighted by Crippen LogP contribution is -2.40. The number of guanidine groups is 1. The second-order valence-corrected chi connectivity index (χ2v) is 8.52. The summed E-state index contributed by atoms with van der Waals surface area (Å²) >= 11 is 3.53. The van der Waals surface area contributed by atoms with Gasteiger partial charge in [-0.2, -0.15) is 0 Å². The van der Waals surface area contributed by atoms with Crippen LogP contribution in [-0.4, -0.2) is 45.7 Å². The van der Waals surface area contributed by atoms with Gasteiger partial charge in [0.25, 0.3) is 0 Å². The molecule has 8 heteroatoms. The fraction of sp³-hybridized carbons (Fsp3) is 0.278. The molecular weight excluding hydrogens is 529 g/mol. The summed E-state index contributed by atoms with van der Waals surface area (Å²) in [7, 11) is 0.303. The third-order valence-electron chi connectivity index (χ3n) is 3.69. The van der Waals surface area contributed by atoms with Crippen LogP contribution in [0.5, 0.6) is 0 Å². The van der Waals surface area contributed by atoms with Crippen molar-refractivity contribution in [3.63, 3.8) is 0 Å². The second kappa shape index (κ2) is 10.9. The van der Waals surface area contributed by atoms with Gasteiger partial charge in [0, 0.05) is 31.7 Å². The molecule has 1 N–H and O–H groups in total. The van der Waals surface area contributed by atoms with Crippen LogP contribution in [0.2, 0.25) is 0 Å². The Hall–Kier alpha value is -1.13. The van der Waals surface area contributed by atoms with Crippen molar-refractivity contribution in [1.82, 2.24) is 10.2 Å². The zero-order valence-corrected chi connectivity index (χ0v) is 19.5. The van der Waals surface area contributed by atoms with E-state index >= 15 is 0 Å². The van der Waals surface area contributed by atoms with Gasteiger partial charge in [-0.1, -0.05) is 52.3 Å². The minimum atomic E-state index is -3.30. The number of halogens is 2. The molecule has 0 spiro atoms. The normalized spacial score (nSPS) is 11.6. The molecule has 0 atom stereocenters. The zero-order valence-electron chi connectivity index (χ0n) is 14.7. The van der Waals surface area contributed by atoms with E-state index in [1.54, 1.807) is 37.4 Å². The van der Waals surface area contributed by atoms with Gasteiger partial charge < -0.3 is 10.2 Å². The van der Waals surface area contributed by atoms with Gasteiger partial charge in [0.2, 0.25) is 0 Å². The highest BCUT2D eigenvalue weighted by molar-refractivity contribution is 14.0. The number of benzene rings is 2. The van der Waals surface area contributed by atoms with E-state index in [0.717, 1.165) is 10.0 Å². The lowest BCUT2D eigenvalue weighted by atomic mass is 10.2. The molecule has 0 saturated carbocycles. The number of hydrogen-bond acceptors (Lipinski definition) is 3. The van der Waals surface area contributed by atoms with Crippen LogP contribution in [0.25, 0.3) is 0 Å². The molecule has 0 unspecified atom stereocenters. The average molecular weight is 552 g/mol. The van der Waals surface area contributed by atoms with E-state index in [1.807, 2.05) is 36.2 Å². The van der Waals surface area contributed by atoms with Crippen LogP contribution in [0.4, 0.5) is 0 Å². The van der Waals surface area contributed by atoms with Crippen molar-refractivity contribution < 1.29 is 8.42 Å². The summed E-state index contributed by atoms with van der Waals surface area (Å²) in [6.07, 6.45) is 0. The maximum Gasteiger partial charge on any atom is 0.193 e. The minimum absolute atomic E-state index is 0. The first-order valence-corrected chi connectivity index (χ1v) is 10.3. The molecule has 0 saturated heterocycles. The van der Waals surface area contributed by atoms with E-state index in [2.05, 4.69) is 26.2 Å². The van der Waals surface area contributed by atoms with Crippen molar-refractivity contribution in [2.45, 2.75) is 11.4 Å². The largest absolute Gasteiger partial charge is 0.355 e. The topological polar surface area (TPSA) is 61.8 Å². The Balaban J connectivity index is 0.00000338. The first kappa shape index (κ1) is 22.9. The van der Waals surface area contributed by atoms with Gasteiger partial charge in [-0.25, -0.2) is 8.42 Å². The van der Waals surface area contributed by atoms with Crippen LogP contribution in [-0.2, 0) is 16.4 Å². The van der Waals surface area contributed by atoms with Crippen molar-refractivity contribution in [1.29, 1.82) is 0 Å². The summed E-state index contributed by atoms with van der Waals surface area (Å²) in [5, 5.41) is 3.12. The number of hydrogen-bond donors (Lipinski definition) is 1. The molecule has 2 rings (SSSR count). The molecule has 0 aliphatic carbocycles. The van der Waals surface area contributed by atoms with Crippen molar-refractivity contribution in [2.75, 3.05) is 26.4 Å². The summed E-state index contributed by atoms with van der Waals surface area (Å²) in [5.74, 6) is 0.665. The van der Waals surface area contributed by atoms with Gasteiger partial charge in [-0.05, 0) is 23.8 Å². The highest BCUT2D eigenvalue weighted by Gasteiger charge is 2.14. The fourth-order valence-electron chi connectivity index (χ4n) is 2.38. The molecule has 0 aromatic heterocycles. The lowest BCUT2D eigenvalue weighted by molar-refractivity contribution is 0.477. The molecule has 0 radical (unpaired) electrons. The second-order valence-electron chi connectivity index (χ2n) is 5.55. The molecule has 0 bridgehead atoms. The van der Waals surface area contributed by atoms with E-state index in [4.69, 9.17) is 0 Å². The number of sulfone groups is 1. The van der Waals surface area contributed by atoms with Gasteiger partial charge in [-0.15, -0.1) is 24.0 Å². The van der Waals surface area contributed by atoms with E-state index in [-0.39, 0.29) is 29.7 Å². The summed E-state index contributed by atoms with van der Waals surface area (Å²) in [6, 6.07) is 16.5. The van der Waals surface area contributed by atoms with Crippen molar-refractivity contribution in [3.8, 4) is 0 Å². The Morgan fingerprint density at radius 1 is 1.12 bits per heavy atom. The predicted octanol–water partition coefficient (Wildman–Crippen LogP) is 3.55. The molecule has 142 valence electrons. The molecule has 5 nitrogen and oxygen atoms in total. The van der Waals surface area contributed by atoms with Gasteiger partial charge in [0.15, 0.2) is 15.8 Å². The van der Waals surface area contributed by atoms with E-state index in [9.17, 15) is 8.42 Å². The van der Waals surface area contributed by atoms with Crippen LogP contribution in [0.1, 0.15) is 5.56 Å². The number of rotatable bonds is 6. The van der Waals surface area contributed by atoms with Gasteiger partial charge in [0.05, 0.1) is 10.6 Å². The number of nitrogens with zero attached hydrogens (tertiary/aromatic N) is 2. The molecule has 2 aromatic carbocycles. The van der Waals surface area contributed by atoms with Gasteiger partial charge >= 0.3 is 0 Å². The lowest BCUT2D eigenvalue weighted by Gasteiger charge is -2.22. The average Bonchev–Trinajstić information content (AvgIpc) is 2.61. The van der Waals surface area contributed by atoms with Gasteiger partial charge in [0.1, 0.15) is 0 Å². The molecule has 26 heavy (non-hydrogen) atoms. The molecule has 0 amide bonds. The Labute approximate surface area is 181 Å². The van der Waals surface area contributed by atoms with Crippen LogP contribution in [0.3, 0.4) is 0 Å². The third kappa shape index (κ3) is 6.55. The first-order chi connectivity index (χ1) is 11.9. The first-order valence-electron chi connectivity index (χ1n) is 7.87. The monoisotopic (exact) mass is 551 g/mol. The molecule has 0 aliphatic heterocycles. The standard InChI is InChI=1S/C18H22BrN3O2S.HI/c1-20-18(22(2)14-15-8-6-7-11-17(15)19)21-12-13-25(23,24)16-9-4-3-5-10-16;/h3-11H,12-14H2,1-2H3,(H,20,21);1H. The Morgan fingerprint density at radius 3 is 2.35 bits per heavy atom. The maximum atomic E-state index is 12.3. The molecule has 0 fully saturated rings. The number of nitrogens with one attached hydrogen (secondary N) is 1. The SMILES string of the molecule is CN=C(NCCS(=O)(=O)c1ccccc1)N(C)Cc1ccccc1Br.I. The molecule has 0 heterocycles. The van der Waals surface area contributed by atoms with Crippen LogP contribution >= 0.6 is 39.9 Å². The quantitative estimate of drug-likeness (QED) is 0.339. The van der Waals surface area contributed by atoms with Crippen LogP contribution in [0.15, 0.2) is 69.0 Å². The Kier molecular flexibility index (Phi) is 9.59. The van der Waals surface area contributed by atoms with Crippen molar-refractivity contribution in [3.05, 3.63) is 64.6 Å². The Bertz CT molecular complexity index is 829. The third-order valence-corrected chi connectivity index (χ3v) is 6.20. The summed E-state index contributed by atoms with van der Waals surface area (Å²) in [4.78, 5) is 6.52. The smallest absolute Gasteiger partial charge is 0.193 e. The molecule has 2 aromatic rings. The van der Waals surface area contributed by atoms with Crippen molar-refractivity contribution in [2.24, 2.45) is 4.99 Å². The summed E-state index contributed by atoms with van der Waals surface area (Å²) < 4.78 is 25.6. The van der Waals surface area contributed by atoms with E-state index < -0.39 is 9.84 Å². The summed E-state index contributed by atoms with van der Waals surface area (Å²) in [5.41, 5.74) is 1.13. The van der Waals surface area contributed by atoms with Crippen LogP contribution in [0, 0.1) is 0 Å². The minimum Gasteiger partial charge on any atom is -0.355 e. The number of aliphatic imine (C=N–C) groups is 1. The maximum absolute atomic E-state index is 12.3. The van der Waals surface area contributed by atoms with E-state index in [1.165, 1.54) is 0 Å². The predicted molar refractivity (Wildman–Crippen MR) is 121 cm³/mol.